The van der Waals surface area contributed by atoms with Gasteiger partial charge in [-0.05, 0) is 42.7 Å². The van der Waals surface area contributed by atoms with E-state index in [1.165, 1.54) is 22.5 Å². The average molecular weight is 232 g/mol. The fourth-order valence-electron chi connectivity index (χ4n) is 1.50. The van der Waals surface area contributed by atoms with Crippen LogP contribution in [0.1, 0.15) is 20.8 Å². The van der Waals surface area contributed by atoms with E-state index < -0.39 is 5.97 Å². The van der Waals surface area contributed by atoms with Crippen LogP contribution in [0.25, 0.3) is 10.4 Å². The van der Waals surface area contributed by atoms with Gasteiger partial charge in [0.2, 0.25) is 0 Å². The summed E-state index contributed by atoms with van der Waals surface area (Å²) < 4.78 is 0. The molecule has 1 heterocycles. The first kappa shape index (κ1) is 10.9. The first-order valence-corrected chi connectivity index (χ1v) is 5.80. The van der Waals surface area contributed by atoms with Crippen molar-refractivity contribution in [1.82, 2.24) is 0 Å². The third kappa shape index (κ3) is 1.99. The molecule has 0 saturated heterocycles. The molecule has 0 bridgehead atoms. The van der Waals surface area contributed by atoms with Gasteiger partial charge in [-0.2, -0.15) is 0 Å². The van der Waals surface area contributed by atoms with Gasteiger partial charge < -0.3 is 5.11 Å². The number of carboxylic acids is 1. The molecule has 0 fully saturated rings. The van der Waals surface area contributed by atoms with Gasteiger partial charge in [0, 0.05) is 4.88 Å². The van der Waals surface area contributed by atoms with E-state index in [0.29, 0.717) is 4.88 Å². The Morgan fingerprint density at radius 3 is 2.44 bits per heavy atom. The quantitative estimate of drug-likeness (QED) is 0.856. The van der Waals surface area contributed by atoms with Crippen LogP contribution in [-0.4, -0.2) is 11.1 Å². The Kier molecular flexibility index (Phi) is 2.79. The molecule has 0 radical (unpaired) electrons. The molecule has 16 heavy (non-hydrogen) atoms. The van der Waals surface area contributed by atoms with E-state index in [0.717, 1.165) is 10.4 Å². The summed E-state index contributed by atoms with van der Waals surface area (Å²) in [5, 5.41) is 8.85. The van der Waals surface area contributed by atoms with Gasteiger partial charge in [-0.15, -0.1) is 11.3 Å². The standard InChI is InChI=1S/C13H12O2S/c1-8-3-4-10(7-9(8)2)11-5-6-12(16-11)13(14)15/h3-7H,1-2H3,(H,14,15). The average Bonchev–Trinajstić information content (AvgIpc) is 2.71. The SMILES string of the molecule is Cc1ccc(-c2ccc(C(=O)O)s2)cc1C. The van der Waals surface area contributed by atoms with Crippen LogP contribution in [0.4, 0.5) is 0 Å². The normalized spacial score (nSPS) is 10.4. The molecule has 3 heteroatoms. The molecule has 0 aliphatic rings. The molecule has 2 nitrogen and oxygen atoms in total. The summed E-state index contributed by atoms with van der Waals surface area (Å²) in [6.45, 7) is 4.13. The highest BCUT2D eigenvalue weighted by Crippen LogP contribution is 2.29. The van der Waals surface area contributed by atoms with Crippen molar-refractivity contribution >= 4 is 17.3 Å². The summed E-state index contributed by atoms with van der Waals surface area (Å²) in [7, 11) is 0. The first-order valence-electron chi connectivity index (χ1n) is 4.98. The van der Waals surface area contributed by atoms with Crippen molar-refractivity contribution < 1.29 is 9.90 Å². The highest BCUT2D eigenvalue weighted by Gasteiger charge is 2.08. The Hall–Kier alpha value is -1.61. The fourth-order valence-corrected chi connectivity index (χ4v) is 2.34. The second kappa shape index (κ2) is 4.10. The van der Waals surface area contributed by atoms with Gasteiger partial charge in [-0.25, -0.2) is 4.79 Å². The number of hydrogen-bond acceptors (Lipinski definition) is 2. The van der Waals surface area contributed by atoms with Gasteiger partial charge >= 0.3 is 5.97 Å². The zero-order valence-electron chi connectivity index (χ0n) is 9.15. The summed E-state index contributed by atoms with van der Waals surface area (Å²) in [5.41, 5.74) is 3.56. The summed E-state index contributed by atoms with van der Waals surface area (Å²) >= 11 is 1.31. The van der Waals surface area contributed by atoms with Crippen molar-refractivity contribution in [2.45, 2.75) is 13.8 Å². The first-order chi connectivity index (χ1) is 7.58. The fraction of sp³-hybridized carbons (Fsp3) is 0.154. The zero-order valence-corrected chi connectivity index (χ0v) is 9.97. The largest absolute Gasteiger partial charge is 0.477 e. The molecule has 82 valence electrons. The van der Waals surface area contributed by atoms with Crippen LogP contribution < -0.4 is 0 Å². The van der Waals surface area contributed by atoms with Crippen molar-refractivity contribution in [3.05, 3.63) is 46.3 Å². The Balaban J connectivity index is 2.42. The molecule has 1 N–H and O–H groups in total. The topological polar surface area (TPSA) is 37.3 Å². The van der Waals surface area contributed by atoms with Gasteiger partial charge in [0.25, 0.3) is 0 Å². The summed E-state index contributed by atoms with van der Waals surface area (Å²) in [6.07, 6.45) is 0. The van der Waals surface area contributed by atoms with Gasteiger partial charge in [0.05, 0.1) is 0 Å². The maximum absolute atomic E-state index is 10.8. The van der Waals surface area contributed by atoms with Crippen molar-refractivity contribution in [3.63, 3.8) is 0 Å². The van der Waals surface area contributed by atoms with E-state index in [-0.39, 0.29) is 0 Å². The van der Waals surface area contributed by atoms with Crippen LogP contribution in [0.3, 0.4) is 0 Å². The number of aromatic carboxylic acids is 1. The van der Waals surface area contributed by atoms with Crippen LogP contribution in [0.2, 0.25) is 0 Å². The third-order valence-corrected chi connectivity index (χ3v) is 3.73. The van der Waals surface area contributed by atoms with E-state index in [4.69, 9.17) is 5.11 Å². The highest BCUT2D eigenvalue weighted by molar-refractivity contribution is 7.17. The second-order valence-corrected chi connectivity index (χ2v) is 4.85. The molecular weight excluding hydrogens is 220 g/mol. The molecule has 0 amide bonds. The van der Waals surface area contributed by atoms with Crippen molar-refractivity contribution in [3.8, 4) is 10.4 Å². The Labute approximate surface area is 98.2 Å². The molecule has 0 saturated carbocycles. The van der Waals surface area contributed by atoms with Gasteiger partial charge in [-0.3, -0.25) is 0 Å². The van der Waals surface area contributed by atoms with E-state index in [1.54, 1.807) is 6.07 Å². The van der Waals surface area contributed by atoms with Crippen molar-refractivity contribution in [1.29, 1.82) is 0 Å². The molecule has 0 spiro atoms. The molecule has 2 rings (SSSR count). The molecule has 0 unspecified atom stereocenters. The number of thiophene rings is 1. The highest BCUT2D eigenvalue weighted by atomic mass is 32.1. The predicted octanol–water partition coefficient (Wildman–Crippen LogP) is 3.73. The lowest BCUT2D eigenvalue weighted by molar-refractivity contribution is 0.0702. The Morgan fingerprint density at radius 2 is 1.88 bits per heavy atom. The maximum Gasteiger partial charge on any atom is 0.345 e. The van der Waals surface area contributed by atoms with Gasteiger partial charge in [0.1, 0.15) is 4.88 Å². The third-order valence-electron chi connectivity index (χ3n) is 2.61. The minimum Gasteiger partial charge on any atom is -0.477 e. The molecule has 1 aromatic carbocycles. The second-order valence-electron chi connectivity index (χ2n) is 3.77. The molecule has 0 atom stereocenters. The van der Waals surface area contributed by atoms with Crippen molar-refractivity contribution in [2.24, 2.45) is 0 Å². The zero-order chi connectivity index (χ0) is 11.7. The van der Waals surface area contributed by atoms with Crippen LogP contribution in [0.5, 0.6) is 0 Å². The number of rotatable bonds is 2. The van der Waals surface area contributed by atoms with Crippen LogP contribution >= 0.6 is 11.3 Å². The molecule has 0 aliphatic carbocycles. The van der Waals surface area contributed by atoms with E-state index in [1.807, 2.05) is 12.1 Å². The Bertz CT molecular complexity index is 541. The monoisotopic (exact) mass is 232 g/mol. The lowest BCUT2D eigenvalue weighted by atomic mass is 10.1. The summed E-state index contributed by atoms with van der Waals surface area (Å²) in [5.74, 6) is -0.861. The van der Waals surface area contributed by atoms with E-state index >= 15 is 0 Å². The van der Waals surface area contributed by atoms with Crippen LogP contribution in [-0.2, 0) is 0 Å². The summed E-state index contributed by atoms with van der Waals surface area (Å²) in [4.78, 5) is 12.2. The van der Waals surface area contributed by atoms with Crippen molar-refractivity contribution in [2.75, 3.05) is 0 Å². The number of carbonyl (C=O) groups is 1. The number of hydrogen-bond donors (Lipinski definition) is 1. The number of benzene rings is 1. The number of aryl methyl sites for hydroxylation is 2. The number of carboxylic acid groups (broad SMARTS) is 1. The van der Waals surface area contributed by atoms with Gasteiger partial charge in [-0.1, -0.05) is 18.2 Å². The lowest BCUT2D eigenvalue weighted by Gasteiger charge is -2.02. The van der Waals surface area contributed by atoms with Gasteiger partial charge in [0.15, 0.2) is 0 Å². The minimum absolute atomic E-state index is 0.383. The molecule has 1 aromatic heterocycles. The summed E-state index contributed by atoms with van der Waals surface area (Å²) in [6, 6.07) is 9.69. The van der Waals surface area contributed by atoms with E-state index in [2.05, 4.69) is 26.0 Å². The Morgan fingerprint density at radius 1 is 1.12 bits per heavy atom. The minimum atomic E-state index is -0.861. The van der Waals surface area contributed by atoms with Crippen LogP contribution in [0.15, 0.2) is 30.3 Å². The lowest BCUT2D eigenvalue weighted by Crippen LogP contribution is -1.89. The van der Waals surface area contributed by atoms with E-state index in [9.17, 15) is 4.79 Å². The maximum atomic E-state index is 10.8. The molecular formula is C13H12O2S. The molecule has 2 aromatic rings. The predicted molar refractivity (Wildman–Crippen MR) is 66.2 cm³/mol. The smallest absolute Gasteiger partial charge is 0.345 e. The molecule has 0 aliphatic heterocycles. The van der Waals surface area contributed by atoms with Crippen LogP contribution in [0, 0.1) is 13.8 Å².